The molecule has 2 fully saturated rings. The molecule has 1 N–H and O–H groups in total. The SMILES string of the molecule is CCNC(c1ccc(OC2CC2)cc1)C1C(C)(C)C1(C)C. The monoisotopic (exact) mass is 287 g/mol. The Labute approximate surface area is 129 Å². The Morgan fingerprint density at radius 2 is 1.67 bits per heavy atom. The molecule has 1 atom stereocenters. The van der Waals surface area contributed by atoms with Crippen LogP contribution in [0.3, 0.4) is 0 Å². The van der Waals surface area contributed by atoms with Gasteiger partial charge in [0.05, 0.1) is 6.10 Å². The van der Waals surface area contributed by atoms with E-state index in [-0.39, 0.29) is 0 Å². The van der Waals surface area contributed by atoms with Gasteiger partial charge in [0.2, 0.25) is 0 Å². The van der Waals surface area contributed by atoms with Crippen molar-refractivity contribution in [2.24, 2.45) is 16.7 Å². The highest BCUT2D eigenvalue weighted by Crippen LogP contribution is 2.72. The molecule has 2 nitrogen and oxygen atoms in total. The summed E-state index contributed by atoms with van der Waals surface area (Å²) in [6, 6.07) is 9.21. The molecule has 1 unspecified atom stereocenters. The standard InChI is InChI=1S/C19H29NO/c1-6-20-16(17-18(2,3)19(17,4)5)13-7-9-14(10-8-13)21-15-11-12-15/h7-10,15-17,20H,6,11-12H2,1-5H3. The summed E-state index contributed by atoms with van der Waals surface area (Å²) in [4.78, 5) is 0. The lowest BCUT2D eigenvalue weighted by Gasteiger charge is -2.21. The minimum absolute atomic E-state index is 0.392. The first kappa shape index (κ1) is 14.9. The average molecular weight is 287 g/mol. The zero-order valence-electron chi connectivity index (χ0n) is 14.1. The first-order valence-corrected chi connectivity index (χ1v) is 8.38. The van der Waals surface area contributed by atoms with E-state index in [4.69, 9.17) is 4.74 Å². The Morgan fingerprint density at radius 1 is 1.10 bits per heavy atom. The normalized spacial score (nSPS) is 24.6. The fourth-order valence-electron chi connectivity index (χ4n) is 3.86. The van der Waals surface area contributed by atoms with Gasteiger partial charge in [-0.25, -0.2) is 0 Å². The highest BCUT2D eigenvalue weighted by molar-refractivity contribution is 5.33. The first-order valence-electron chi connectivity index (χ1n) is 8.38. The minimum atomic E-state index is 0.392. The van der Waals surface area contributed by atoms with Gasteiger partial charge in [0, 0.05) is 6.04 Å². The fourth-order valence-corrected chi connectivity index (χ4v) is 3.86. The molecule has 0 aromatic heterocycles. The molecule has 0 amide bonds. The van der Waals surface area contributed by atoms with E-state index in [1.807, 2.05) is 0 Å². The Morgan fingerprint density at radius 3 is 2.10 bits per heavy atom. The van der Waals surface area contributed by atoms with Crippen LogP contribution in [0.2, 0.25) is 0 Å². The van der Waals surface area contributed by atoms with Crippen LogP contribution in [0, 0.1) is 16.7 Å². The van der Waals surface area contributed by atoms with Gasteiger partial charge in [0.15, 0.2) is 0 Å². The molecule has 0 radical (unpaired) electrons. The second kappa shape index (κ2) is 5.01. The van der Waals surface area contributed by atoms with Gasteiger partial charge >= 0.3 is 0 Å². The second-order valence-electron chi connectivity index (χ2n) is 7.84. The summed E-state index contributed by atoms with van der Waals surface area (Å²) in [6.07, 6.45) is 2.90. The summed E-state index contributed by atoms with van der Waals surface area (Å²) in [5.41, 5.74) is 2.18. The average Bonchev–Trinajstić information content (AvgIpc) is 3.29. The lowest BCUT2D eigenvalue weighted by molar-refractivity contribution is 0.303. The van der Waals surface area contributed by atoms with Crippen molar-refractivity contribution in [3.05, 3.63) is 29.8 Å². The molecule has 2 saturated carbocycles. The van der Waals surface area contributed by atoms with Crippen LogP contribution < -0.4 is 10.1 Å². The van der Waals surface area contributed by atoms with Gasteiger partial charge in [0.25, 0.3) is 0 Å². The molecule has 116 valence electrons. The van der Waals surface area contributed by atoms with Crippen molar-refractivity contribution in [3.63, 3.8) is 0 Å². The minimum Gasteiger partial charge on any atom is -0.490 e. The molecule has 0 heterocycles. The summed E-state index contributed by atoms with van der Waals surface area (Å²) in [7, 11) is 0. The molecular weight excluding hydrogens is 258 g/mol. The van der Waals surface area contributed by atoms with Crippen LogP contribution in [0.4, 0.5) is 0 Å². The van der Waals surface area contributed by atoms with E-state index < -0.39 is 0 Å². The fraction of sp³-hybridized carbons (Fsp3) is 0.684. The maximum absolute atomic E-state index is 5.86. The number of ether oxygens (including phenoxy) is 1. The van der Waals surface area contributed by atoms with E-state index in [0.717, 1.165) is 12.3 Å². The molecule has 2 heteroatoms. The maximum atomic E-state index is 5.86. The smallest absolute Gasteiger partial charge is 0.119 e. The third-order valence-corrected chi connectivity index (χ3v) is 5.96. The molecular formula is C19H29NO. The van der Waals surface area contributed by atoms with Crippen LogP contribution in [-0.4, -0.2) is 12.6 Å². The highest BCUT2D eigenvalue weighted by Gasteiger charge is 2.67. The molecule has 1 aromatic carbocycles. The van der Waals surface area contributed by atoms with Gasteiger partial charge in [0.1, 0.15) is 5.75 Å². The van der Waals surface area contributed by atoms with Gasteiger partial charge in [-0.05, 0) is 53.8 Å². The largest absolute Gasteiger partial charge is 0.490 e. The molecule has 21 heavy (non-hydrogen) atoms. The van der Waals surface area contributed by atoms with E-state index in [0.29, 0.717) is 28.9 Å². The molecule has 2 aliphatic rings. The molecule has 3 rings (SSSR count). The van der Waals surface area contributed by atoms with Crippen molar-refractivity contribution in [2.45, 2.75) is 59.6 Å². The third-order valence-electron chi connectivity index (χ3n) is 5.96. The number of rotatable bonds is 6. The predicted molar refractivity (Wildman–Crippen MR) is 87.6 cm³/mol. The summed E-state index contributed by atoms with van der Waals surface area (Å²) in [5, 5.41) is 3.70. The van der Waals surface area contributed by atoms with E-state index in [1.54, 1.807) is 0 Å². The quantitative estimate of drug-likeness (QED) is 0.828. The molecule has 0 aliphatic heterocycles. The molecule has 2 aliphatic carbocycles. The molecule has 1 aromatic rings. The predicted octanol–water partition coefficient (Wildman–Crippen LogP) is 4.56. The van der Waals surface area contributed by atoms with Crippen LogP contribution in [0.25, 0.3) is 0 Å². The van der Waals surface area contributed by atoms with E-state index in [2.05, 4.69) is 64.2 Å². The molecule has 0 bridgehead atoms. The lowest BCUT2D eigenvalue weighted by atomic mass is 9.96. The topological polar surface area (TPSA) is 21.3 Å². The van der Waals surface area contributed by atoms with Gasteiger partial charge < -0.3 is 10.1 Å². The van der Waals surface area contributed by atoms with Crippen LogP contribution in [-0.2, 0) is 0 Å². The first-order chi connectivity index (χ1) is 9.88. The second-order valence-corrected chi connectivity index (χ2v) is 7.84. The van der Waals surface area contributed by atoms with Crippen molar-refractivity contribution in [1.29, 1.82) is 0 Å². The van der Waals surface area contributed by atoms with Crippen LogP contribution >= 0.6 is 0 Å². The zero-order valence-corrected chi connectivity index (χ0v) is 14.1. The Kier molecular flexibility index (Phi) is 3.56. The summed E-state index contributed by atoms with van der Waals surface area (Å²) in [5.74, 6) is 1.70. The summed E-state index contributed by atoms with van der Waals surface area (Å²) < 4.78 is 5.86. The molecule has 0 spiro atoms. The highest BCUT2D eigenvalue weighted by atomic mass is 16.5. The lowest BCUT2D eigenvalue weighted by Crippen LogP contribution is -2.25. The van der Waals surface area contributed by atoms with Crippen molar-refractivity contribution in [3.8, 4) is 5.75 Å². The Hall–Kier alpha value is -1.02. The Bertz CT molecular complexity index is 485. The summed E-state index contributed by atoms with van der Waals surface area (Å²) in [6.45, 7) is 12.8. The molecule has 0 saturated heterocycles. The van der Waals surface area contributed by atoms with Gasteiger partial charge in [-0.3, -0.25) is 0 Å². The number of hydrogen-bond acceptors (Lipinski definition) is 2. The van der Waals surface area contributed by atoms with Crippen LogP contribution in [0.1, 0.15) is 59.1 Å². The summed E-state index contributed by atoms with van der Waals surface area (Å²) >= 11 is 0. The van der Waals surface area contributed by atoms with Crippen LogP contribution in [0.5, 0.6) is 5.75 Å². The maximum Gasteiger partial charge on any atom is 0.119 e. The van der Waals surface area contributed by atoms with Crippen molar-refractivity contribution < 1.29 is 4.74 Å². The van der Waals surface area contributed by atoms with Gasteiger partial charge in [-0.2, -0.15) is 0 Å². The van der Waals surface area contributed by atoms with Crippen molar-refractivity contribution in [1.82, 2.24) is 5.32 Å². The zero-order chi connectivity index (χ0) is 15.3. The van der Waals surface area contributed by atoms with Gasteiger partial charge in [-0.1, -0.05) is 46.8 Å². The third kappa shape index (κ3) is 2.59. The van der Waals surface area contributed by atoms with Crippen molar-refractivity contribution in [2.75, 3.05) is 6.54 Å². The number of nitrogens with one attached hydrogen (secondary N) is 1. The van der Waals surface area contributed by atoms with Crippen LogP contribution in [0.15, 0.2) is 24.3 Å². The number of hydrogen-bond donors (Lipinski definition) is 1. The number of benzene rings is 1. The Balaban J connectivity index is 1.77. The van der Waals surface area contributed by atoms with E-state index >= 15 is 0 Å². The van der Waals surface area contributed by atoms with Gasteiger partial charge in [-0.15, -0.1) is 0 Å². The van der Waals surface area contributed by atoms with Crippen molar-refractivity contribution >= 4 is 0 Å². The van der Waals surface area contributed by atoms with E-state index in [9.17, 15) is 0 Å². The van der Waals surface area contributed by atoms with E-state index in [1.165, 1.54) is 18.4 Å².